The molecule has 0 aliphatic rings. The lowest BCUT2D eigenvalue weighted by Crippen LogP contribution is -2.19. The maximum absolute atomic E-state index is 11.7. The first-order valence-electron chi connectivity index (χ1n) is 5.71. The van der Waals surface area contributed by atoms with Crippen LogP contribution in [0, 0.1) is 0 Å². The Morgan fingerprint density at radius 1 is 1.47 bits per heavy atom. The monoisotopic (exact) mass is 250 g/mol. The topological polar surface area (TPSA) is 26.3 Å². The van der Waals surface area contributed by atoms with E-state index in [-0.39, 0.29) is 11.2 Å². The Balaban J connectivity index is 2.49. The van der Waals surface area contributed by atoms with Gasteiger partial charge in [-0.25, -0.2) is 0 Å². The van der Waals surface area contributed by atoms with E-state index in [1.54, 1.807) is 17.8 Å². The number of hydrogen-bond donors (Lipinski definition) is 0. The van der Waals surface area contributed by atoms with Crippen LogP contribution in [0.1, 0.15) is 18.9 Å². The molecule has 0 aliphatic heterocycles. The van der Waals surface area contributed by atoms with Gasteiger partial charge in [-0.3, -0.25) is 4.79 Å². The van der Waals surface area contributed by atoms with Crippen molar-refractivity contribution in [1.82, 2.24) is 0 Å². The third kappa shape index (κ3) is 5.09. The van der Waals surface area contributed by atoms with Gasteiger partial charge in [-0.1, -0.05) is 36.4 Å². The van der Waals surface area contributed by atoms with Crippen LogP contribution in [0.3, 0.4) is 0 Å². The molecule has 1 rings (SSSR count). The van der Waals surface area contributed by atoms with E-state index in [1.165, 1.54) is 5.56 Å². The standard InChI is InChI=1S/C14H18O2S/c1-3-8-13(14(15)16-4-2)17-11-12-9-6-5-7-10-12/h3,5-7,9-10,13H,1,4,8,11H2,2H3. The SMILES string of the molecule is C=CCC(SCc1ccccc1)C(=O)OCC. The van der Waals surface area contributed by atoms with Gasteiger partial charge in [0.05, 0.1) is 6.61 Å². The minimum absolute atomic E-state index is 0.145. The highest BCUT2D eigenvalue weighted by molar-refractivity contribution is 7.99. The molecule has 92 valence electrons. The largest absolute Gasteiger partial charge is 0.465 e. The number of rotatable bonds is 7. The van der Waals surface area contributed by atoms with E-state index in [0.717, 1.165) is 5.75 Å². The van der Waals surface area contributed by atoms with Gasteiger partial charge in [0.25, 0.3) is 0 Å². The average molecular weight is 250 g/mol. The van der Waals surface area contributed by atoms with E-state index in [2.05, 4.69) is 18.7 Å². The Hall–Kier alpha value is -1.22. The zero-order valence-electron chi connectivity index (χ0n) is 10.1. The highest BCUT2D eigenvalue weighted by atomic mass is 32.2. The van der Waals surface area contributed by atoms with Crippen LogP contribution in [0.25, 0.3) is 0 Å². The molecule has 0 N–H and O–H groups in total. The first kappa shape index (κ1) is 13.8. The minimum Gasteiger partial charge on any atom is -0.465 e. The fraction of sp³-hybridized carbons (Fsp3) is 0.357. The van der Waals surface area contributed by atoms with Crippen LogP contribution < -0.4 is 0 Å². The number of benzene rings is 1. The quantitative estimate of drug-likeness (QED) is 0.548. The molecule has 0 amide bonds. The van der Waals surface area contributed by atoms with Gasteiger partial charge in [0, 0.05) is 5.75 Å². The summed E-state index contributed by atoms with van der Waals surface area (Å²) in [7, 11) is 0. The molecule has 1 atom stereocenters. The molecule has 1 aromatic rings. The number of allylic oxidation sites excluding steroid dienone is 1. The van der Waals surface area contributed by atoms with Crippen LogP contribution in [0.5, 0.6) is 0 Å². The number of carbonyl (C=O) groups excluding carboxylic acids is 1. The first-order chi connectivity index (χ1) is 8.27. The zero-order valence-corrected chi connectivity index (χ0v) is 10.9. The van der Waals surface area contributed by atoms with E-state index in [4.69, 9.17) is 4.74 Å². The number of esters is 1. The summed E-state index contributed by atoms with van der Waals surface area (Å²) >= 11 is 1.60. The van der Waals surface area contributed by atoms with E-state index in [1.807, 2.05) is 25.1 Å². The fourth-order valence-corrected chi connectivity index (χ4v) is 2.45. The molecular formula is C14H18O2S. The summed E-state index contributed by atoms with van der Waals surface area (Å²) in [5.41, 5.74) is 1.22. The number of hydrogen-bond acceptors (Lipinski definition) is 3. The Kier molecular flexibility index (Phi) is 6.48. The predicted molar refractivity (Wildman–Crippen MR) is 73.0 cm³/mol. The first-order valence-corrected chi connectivity index (χ1v) is 6.75. The molecule has 0 bridgehead atoms. The normalized spacial score (nSPS) is 11.8. The van der Waals surface area contributed by atoms with Crippen molar-refractivity contribution < 1.29 is 9.53 Å². The fourth-order valence-electron chi connectivity index (χ4n) is 1.39. The third-order valence-electron chi connectivity index (χ3n) is 2.22. The third-order valence-corrected chi connectivity index (χ3v) is 3.51. The molecule has 0 aliphatic carbocycles. The van der Waals surface area contributed by atoms with Crippen LogP contribution in [0.2, 0.25) is 0 Å². The van der Waals surface area contributed by atoms with Crippen molar-refractivity contribution in [1.29, 1.82) is 0 Å². The second-order valence-electron chi connectivity index (χ2n) is 3.56. The van der Waals surface area contributed by atoms with Crippen LogP contribution in [-0.4, -0.2) is 17.8 Å². The van der Waals surface area contributed by atoms with Crippen LogP contribution in [-0.2, 0) is 15.3 Å². The molecule has 0 heterocycles. The highest BCUT2D eigenvalue weighted by Gasteiger charge is 2.18. The molecule has 1 aromatic carbocycles. The second-order valence-corrected chi connectivity index (χ2v) is 4.75. The van der Waals surface area contributed by atoms with Crippen molar-refractivity contribution in [2.24, 2.45) is 0 Å². The molecule has 3 heteroatoms. The summed E-state index contributed by atoms with van der Waals surface area (Å²) in [6.45, 7) is 5.93. The maximum atomic E-state index is 11.7. The van der Waals surface area contributed by atoms with E-state index < -0.39 is 0 Å². The van der Waals surface area contributed by atoms with Crippen LogP contribution in [0.15, 0.2) is 43.0 Å². The molecule has 0 saturated carbocycles. The summed E-state index contributed by atoms with van der Waals surface area (Å²) in [5.74, 6) is 0.673. The van der Waals surface area contributed by atoms with Gasteiger partial charge in [0.15, 0.2) is 0 Å². The van der Waals surface area contributed by atoms with Gasteiger partial charge in [0.1, 0.15) is 5.25 Å². The maximum Gasteiger partial charge on any atom is 0.319 e. The van der Waals surface area contributed by atoms with E-state index >= 15 is 0 Å². The summed E-state index contributed by atoms with van der Waals surface area (Å²) in [4.78, 5) is 11.7. The van der Waals surface area contributed by atoms with Gasteiger partial charge in [-0.05, 0) is 18.9 Å². The smallest absolute Gasteiger partial charge is 0.319 e. The van der Waals surface area contributed by atoms with E-state index in [9.17, 15) is 4.79 Å². The lowest BCUT2D eigenvalue weighted by Gasteiger charge is -2.13. The Bertz CT molecular complexity index is 348. The molecule has 2 nitrogen and oxygen atoms in total. The zero-order chi connectivity index (χ0) is 12.5. The second kappa shape index (κ2) is 7.96. The van der Waals surface area contributed by atoms with Gasteiger partial charge in [0.2, 0.25) is 0 Å². The minimum atomic E-state index is -0.146. The van der Waals surface area contributed by atoms with Crippen molar-refractivity contribution in [2.75, 3.05) is 6.61 Å². The van der Waals surface area contributed by atoms with Gasteiger partial charge in [-0.2, -0.15) is 0 Å². The Morgan fingerprint density at radius 3 is 2.76 bits per heavy atom. The number of ether oxygens (including phenoxy) is 1. The summed E-state index contributed by atoms with van der Waals surface area (Å²) in [6, 6.07) is 10.1. The predicted octanol–water partition coefficient (Wildman–Crippen LogP) is 3.43. The van der Waals surface area contributed by atoms with Crippen molar-refractivity contribution in [3.05, 3.63) is 48.6 Å². The molecule has 0 spiro atoms. The van der Waals surface area contributed by atoms with Gasteiger partial charge in [-0.15, -0.1) is 18.3 Å². The highest BCUT2D eigenvalue weighted by Crippen LogP contribution is 2.21. The van der Waals surface area contributed by atoms with E-state index in [0.29, 0.717) is 13.0 Å². The Labute approximate surface area is 107 Å². The molecule has 0 saturated heterocycles. The number of carbonyl (C=O) groups is 1. The Morgan fingerprint density at radius 2 is 2.18 bits per heavy atom. The van der Waals surface area contributed by atoms with Crippen LogP contribution >= 0.6 is 11.8 Å². The molecule has 1 unspecified atom stereocenters. The summed E-state index contributed by atoms with van der Waals surface area (Å²) < 4.78 is 5.04. The number of thioether (sulfide) groups is 1. The van der Waals surface area contributed by atoms with Gasteiger partial charge >= 0.3 is 5.97 Å². The molecule has 0 aromatic heterocycles. The molecule has 0 fully saturated rings. The van der Waals surface area contributed by atoms with Crippen molar-refractivity contribution in [3.63, 3.8) is 0 Å². The van der Waals surface area contributed by atoms with Gasteiger partial charge < -0.3 is 4.74 Å². The molecular weight excluding hydrogens is 232 g/mol. The van der Waals surface area contributed by atoms with Crippen molar-refractivity contribution >= 4 is 17.7 Å². The summed E-state index contributed by atoms with van der Waals surface area (Å²) in [5, 5.41) is -0.146. The lowest BCUT2D eigenvalue weighted by atomic mass is 10.2. The molecule has 0 radical (unpaired) electrons. The van der Waals surface area contributed by atoms with Crippen molar-refractivity contribution in [3.8, 4) is 0 Å². The van der Waals surface area contributed by atoms with Crippen LogP contribution in [0.4, 0.5) is 0 Å². The summed E-state index contributed by atoms with van der Waals surface area (Å²) in [6.07, 6.45) is 2.41. The lowest BCUT2D eigenvalue weighted by molar-refractivity contribution is -0.142. The molecule has 17 heavy (non-hydrogen) atoms. The van der Waals surface area contributed by atoms with Crippen molar-refractivity contribution in [2.45, 2.75) is 24.3 Å². The average Bonchev–Trinajstić information content (AvgIpc) is 2.36.